The van der Waals surface area contributed by atoms with Gasteiger partial charge < -0.3 is 14.6 Å². The zero-order valence-corrected chi connectivity index (χ0v) is 14.2. The summed E-state index contributed by atoms with van der Waals surface area (Å²) in [6.45, 7) is 1.65. The molecule has 5 nitrogen and oxygen atoms in total. The number of carbonyl (C=O) groups excluding carboxylic acids is 1. The number of aromatic nitrogens is 2. The Bertz CT molecular complexity index is 663. The van der Waals surface area contributed by atoms with Gasteiger partial charge in [0.15, 0.2) is 0 Å². The molecule has 0 spiro atoms. The molecule has 0 atom stereocenters. The van der Waals surface area contributed by atoms with Gasteiger partial charge in [0.25, 0.3) is 0 Å². The number of hydrogen-bond acceptors (Lipinski definition) is 3. The highest BCUT2D eigenvalue weighted by Crippen LogP contribution is 2.47. The number of carbonyl (C=O) groups is 1. The first-order valence-corrected chi connectivity index (χ1v) is 8.64. The monoisotopic (exact) mass is 327 g/mol. The molecule has 1 aromatic heterocycles. The SMILES string of the molecule is COc1ccccc1C1(C(=O)NCCCCn2ccnc2)CCC1. The largest absolute Gasteiger partial charge is 0.496 e. The van der Waals surface area contributed by atoms with Gasteiger partial charge in [-0.25, -0.2) is 4.98 Å². The summed E-state index contributed by atoms with van der Waals surface area (Å²) in [4.78, 5) is 16.9. The standard InChI is InChI=1S/C19H25N3O2/c1-24-17-8-3-2-7-16(17)19(9-6-10-19)18(23)21-11-4-5-13-22-14-12-20-15-22/h2-3,7-8,12,14-15H,4-6,9-11,13H2,1H3,(H,21,23). The first-order chi connectivity index (χ1) is 11.8. The Hall–Kier alpha value is -2.30. The molecule has 1 heterocycles. The number of aryl methyl sites for hydroxylation is 1. The van der Waals surface area contributed by atoms with Crippen LogP contribution in [-0.2, 0) is 16.8 Å². The summed E-state index contributed by atoms with van der Waals surface area (Å²) < 4.78 is 7.53. The van der Waals surface area contributed by atoms with E-state index < -0.39 is 5.41 Å². The molecular formula is C19H25N3O2. The molecule has 1 aliphatic rings. The van der Waals surface area contributed by atoms with Crippen LogP contribution in [-0.4, -0.2) is 29.1 Å². The number of nitrogens with one attached hydrogen (secondary N) is 1. The number of nitrogens with zero attached hydrogens (tertiary/aromatic N) is 2. The molecule has 1 aromatic carbocycles. The summed E-state index contributed by atoms with van der Waals surface area (Å²) in [7, 11) is 1.67. The van der Waals surface area contributed by atoms with Crippen molar-refractivity contribution < 1.29 is 9.53 Å². The van der Waals surface area contributed by atoms with Gasteiger partial charge in [0.2, 0.25) is 5.91 Å². The molecule has 0 aliphatic heterocycles. The highest BCUT2D eigenvalue weighted by atomic mass is 16.5. The second-order valence-electron chi connectivity index (χ2n) is 6.40. The number of imidazole rings is 1. The Morgan fingerprint density at radius 2 is 2.17 bits per heavy atom. The lowest BCUT2D eigenvalue weighted by Crippen LogP contribution is -2.49. The van der Waals surface area contributed by atoms with E-state index in [0.29, 0.717) is 6.54 Å². The fourth-order valence-corrected chi connectivity index (χ4v) is 3.40. The van der Waals surface area contributed by atoms with Gasteiger partial charge >= 0.3 is 0 Å². The molecule has 1 saturated carbocycles. The summed E-state index contributed by atoms with van der Waals surface area (Å²) in [6.07, 6.45) is 10.4. The second kappa shape index (κ2) is 7.51. The number of para-hydroxylation sites is 1. The Morgan fingerprint density at radius 1 is 1.33 bits per heavy atom. The molecule has 24 heavy (non-hydrogen) atoms. The van der Waals surface area contributed by atoms with Crippen molar-refractivity contribution in [3.8, 4) is 5.75 Å². The van der Waals surface area contributed by atoms with Crippen molar-refractivity contribution in [2.75, 3.05) is 13.7 Å². The van der Waals surface area contributed by atoms with Crippen LogP contribution >= 0.6 is 0 Å². The zero-order chi connectivity index (χ0) is 16.8. The van der Waals surface area contributed by atoms with Gasteiger partial charge in [-0.3, -0.25) is 4.79 Å². The number of hydrogen-bond donors (Lipinski definition) is 1. The first kappa shape index (κ1) is 16.6. The molecule has 2 aromatic rings. The summed E-state index contributed by atoms with van der Waals surface area (Å²) in [6, 6.07) is 7.89. The minimum Gasteiger partial charge on any atom is -0.496 e. The molecule has 3 rings (SSSR count). The molecule has 5 heteroatoms. The Labute approximate surface area is 143 Å². The average Bonchev–Trinajstić information content (AvgIpc) is 3.07. The van der Waals surface area contributed by atoms with E-state index in [1.54, 1.807) is 13.3 Å². The Balaban J connectivity index is 1.54. The van der Waals surface area contributed by atoms with Crippen molar-refractivity contribution >= 4 is 5.91 Å². The predicted molar refractivity (Wildman–Crippen MR) is 93.0 cm³/mol. The maximum atomic E-state index is 12.8. The van der Waals surface area contributed by atoms with Crippen molar-refractivity contribution in [3.05, 3.63) is 48.5 Å². The van der Waals surface area contributed by atoms with Gasteiger partial charge in [0.05, 0.1) is 18.9 Å². The molecule has 0 bridgehead atoms. The molecule has 128 valence electrons. The van der Waals surface area contributed by atoms with Gasteiger partial charge in [0, 0.05) is 31.0 Å². The molecule has 0 saturated heterocycles. The van der Waals surface area contributed by atoms with Crippen molar-refractivity contribution in [2.45, 2.75) is 44.1 Å². The minimum absolute atomic E-state index is 0.140. The second-order valence-corrected chi connectivity index (χ2v) is 6.40. The van der Waals surface area contributed by atoms with Crippen LogP contribution in [0.1, 0.15) is 37.7 Å². The van der Waals surface area contributed by atoms with Crippen LogP contribution in [0.3, 0.4) is 0 Å². The summed E-state index contributed by atoms with van der Waals surface area (Å²) in [5.74, 6) is 0.952. The quantitative estimate of drug-likeness (QED) is 0.759. The van der Waals surface area contributed by atoms with Crippen LogP contribution in [0.15, 0.2) is 43.0 Å². The van der Waals surface area contributed by atoms with E-state index in [9.17, 15) is 4.79 Å². The number of methoxy groups -OCH3 is 1. The van der Waals surface area contributed by atoms with Crippen LogP contribution in [0.25, 0.3) is 0 Å². The van der Waals surface area contributed by atoms with Crippen molar-refractivity contribution in [1.82, 2.24) is 14.9 Å². The molecule has 1 amide bonds. The van der Waals surface area contributed by atoms with Gasteiger partial charge in [-0.15, -0.1) is 0 Å². The smallest absolute Gasteiger partial charge is 0.230 e. The van der Waals surface area contributed by atoms with E-state index in [1.165, 1.54) is 0 Å². The lowest BCUT2D eigenvalue weighted by Gasteiger charge is -2.41. The fourth-order valence-electron chi connectivity index (χ4n) is 3.40. The summed E-state index contributed by atoms with van der Waals surface area (Å²) in [5.41, 5.74) is 0.617. The topological polar surface area (TPSA) is 56.1 Å². The van der Waals surface area contributed by atoms with Gasteiger partial charge in [-0.05, 0) is 31.7 Å². The third kappa shape index (κ3) is 3.30. The molecule has 1 N–H and O–H groups in total. The lowest BCUT2D eigenvalue weighted by molar-refractivity contribution is -0.130. The fraction of sp³-hybridized carbons (Fsp3) is 0.474. The van der Waals surface area contributed by atoms with Crippen LogP contribution in [0, 0.1) is 0 Å². The first-order valence-electron chi connectivity index (χ1n) is 8.64. The molecular weight excluding hydrogens is 302 g/mol. The lowest BCUT2D eigenvalue weighted by atomic mass is 9.63. The van der Waals surface area contributed by atoms with E-state index in [0.717, 1.165) is 50.0 Å². The maximum Gasteiger partial charge on any atom is 0.230 e. The van der Waals surface area contributed by atoms with Crippen LogP contribution in [0.4, 0.5) is 0 Å². The number of benzene rings is 1. The van der Waals surface area contributed by atoms with E-state index in [-0.39, 0.29) is 5.91 Å². The third-order valence-electron chi connectivity index (χ3n) is 4.95. The van der Waals surface area contributed by atoms with Gasteiger partial charge in [0.1, 0.15) is 5.75 Å². The molecule has 1 aliphatic carbocycles. The normalized spacial score (nSPS) is 15.5. The van der Waals surface area contributed by atoms with Crippen LogP contribution in [0.2, 0.25) is 0 Å². The van der Waals surface area contributed by atoms with E-state index in [2.05, 4.69) is 14.9 Å². The summed E-state index contributed by atoms with van der Waals surface area (Å²) in [5, 5.41) is 3.14. The average molecular weight is 327 g/mol. The highest BCUT2D eigenvalue weighted by Gasteiger charge is 2.47. The Morgan fingerprint density at radius 3 is 2.83 bits per heavy atom. The Kier molecular flexibility index (Phi) is 5.18. The van der Waals surface area contributed by atoms with E-state index >= 15 is 0 Å². The van der Waals surface area contributed by atoms with E-state index in [1.807, 2.05) is 36.8 Å². The van der Waals surface area contributed by atoms with Crippen molar-refractivity contribution in [2.24, 2.45) is 0 Å². The molecule has 0 unspecified atom stereocenters. The van der Waals surface area contributed by atoms with Crippen molar-refractivity contribution in [3.63, 3.8) is 0 Å². The maximum absolute atomic E-state index is 12.8. The number of unbranched alkanes of at least 4 members (excludes halogenated alkanes) is 1. The highest BCUT2D eigenvalue weighted by molar-refractivity contribution is 5.90. The third-order valence-corrected chi connectivity index (χ3v) is 4.95. The number of amides is 1. The molecule has 1 fully saturated rings. The molecule has 0 radical (unpaired) electrons. The zero-order valence-electron chi connectivity index (χ0n) is 14.2. The number of ether oxygens (including phenoxy) is 1. The minimum atomic E-state index is -0.406. The summed E-state index contributed by atoms with van der Waals surface area (Å²) >= 11 is 0. The number of rotatable bonds is 8. The van der Waals surface area contributed by atoms with Crippen LogP contribution in [0.5, 0.6) is 5.75 Å². The van der Waals surface area contributed by atoms with E-state index in [4.69, 9.17) is 4.74 Å². The van der Waals surface area contributed by atoms with Crippen LogP contribution < -0.4 is 10.1 Å². The van der Waals surface area contributed by atoms with Gasteiger partial charge in [-0.1, -0.05) is 24.6 Å². The predicted octanol–water partition coefficient (Wildman–Crippen LogP) is 2.91. The van der Waals surface area contributed by atoms with Crippen molar-refractivity contribution in [1.29, 1.82) is 0 Å². The van der Waals surface area contributed by atoms with Gasteiger partial charge in [-0.2, -0.15) is 0 Å².